The van der Waals surface area contributed by atoms with Gasteiger partial charge in [0, 0.05) is 10.2 Å². The number of carbonyl (C=O) groups is 1. The molecule has 2 N–H and O–H groups in total. The maximum absolute atomic E-state index is 12.2. The van der Waals surface area contributed by atoms with Crippen molar-refractivity contribution in [1.29, 1.82) is 0 Å². The lowest BCUT2D eigenvalue weighted by molar-refractivity contribution is -0.157. The van der Waals surface area contributed by atoms with Crippen LogP contribution in [0.4, 0.5) is 5.69 Å². The number of halogens is 1. The topological polar surface area (TPSA) is 49.3 Å². The molecule has 4 heteroatoms. The Hall–Kier alpha value is -1.03. The second-order valence-corrected chi connectivity index (χ2v) is 8.03. The van der Waals surface area contributed by atoms with Crippen LogP contribution in [-0.4, -0.2) is 16.6 Å². The van der Waals surface area contributed by atoms with Crippen molar-refractivity contribution in [3.63, 3.8) is 0 Å². The number of aliphatic carboxylic acids is 1. The first-order valence-electron chi connectivity index (χ1n) is 7.85. The van der Waals surface area contributed by atoms with Gasteiger partial charge < -0.3 is 10.4 Å². The summed E-state index contributed by atoms with van der Waals surface area (Å²) in [7, 11) is 0. The summed E-state index contributed by atoms with van der Waals surface area (Å²) in [4.78, 5) is 12.2. The van der Waals surface area contributed by atoms with Crippen LogP contribution in [0.1, 0.15) is 32.1 Å². The molecule has 1 aromatic rings. The first-order valence-corrected chi connectivity index (χ1v) is 8.64. The smallest absolute Gasteiger partial charge is 0.329 e. The van der Waals surface area contributed by atoms with E-state index in [1.165, 1.54) is 6.42 Å². The van der Waals surface area contributed by atoms with Crippen molar-refractivity contribution in [3.8, 4) is 0 Å². The molecule has 0 radical (unpaired) electrons. The zero-order chi connectivity index (χ0) is 14.6. The summed E-state index contributed by atoms with van der Waals surface area (Å²) >= 11 is 3.47. The molecule has 0 saturated heterocycles. The van der Waals surface area contributed by atoms with Gasteiger partial charge in [-0.1, -0.05) is 22.0 Å². The van der Waals surface area contributed by atoms with Gasteiger partial charge in [0.25, 0.3) is 0 Å². The summed E-state index contributed by atoms with van der Waals surface area (Å²) in [6.07, 6.45) is 5.67. The Morgan fingerprint density at radius 3 is 2.29 bits per heavy atom. The van der Waals surface area contributed by atoms with Gasteiger partial charge in [-0.15, -0.1) is 0 Å². The molecule has 0 atom stereocenters. The van der Waals surface area contributed by atoms with Crippen LogP contribution < -0.4 is 5.32 Å². The Morgan fingerprint density at radius 2 is 1.76 bits per heavy atom. The summed E-state index contributed by atoms with van der Waals surface area (Å²) in [6.45, 7) is 0. The molecule has 4 saturated carbocycles. The summed E-state index contributed by atoms with van der Waals surface area (Å²) in [5, 5.41) is 13.5. The van der Waals surface area contributed by atoms with Crippen LogP contribution in [-0.2, 0) is 4.79 Å². The Labute approximate surface area is 133 Å². The fourth-order valence-corrected chi connectivity index (χ4v) is 5.74. The Bertz CT molecular complexity index is 558. The number of hydrogen-bond acceptors (Lipinski definition) is 2. The van der Waals surface area contributed by atoms with Gasteiger partial charge in [-0.2, -0.15) is 0 Å². The van der Waals surface area contributed by atoms with E-state index in [0.717, 1.165) is 47.7 Å². The number of rotatable bonds is 3. The second kappa shape index (κ2) is 4.73. The number of benzene rings is 1. The molecule has 21 heavy (non-hydrogen) atoms. The lowest BCUT2D eigenvalue weighted by Gasteiger charge is -2.59. The van der Waals surface area contributed by atoms with Crippen LogP contribution in [0.25, 0.3) is 0 Å². The summed E-state index contributed by atoms with van der Waals surface area (Å²) in [6, 6.07) is 7.88. The molecule has 4 bridgehead atoms. The van der Waals surface area contributed by atoms with Crippen molar-refractivity contribution in [2.75, 3.05) is 5.32 Å². The second-order valence-electron chi connectivity index (χ2n) is 7.11. The monoisotopic (exact) mass is 349 g/mol. The molecule has 112 valence electrons. The first kappa shape index (κ1) is 13.6. The maximum atomic E-state index is 12.2. The lowest BCUT2D eigenvalue weighted by atomic mass is 9.48. The average molecular weight is 350 g/mol. The Kier molecular flexibility index (Phi) is 3.07. The van der Waals surface area contributed by atoms with Crippen LogP contribution in [0.2, 0.25) is 0 Å². The molecular formula is C17H20BrNO2. The summed E-state index contributed by atoms with van der Waals surface area (Å²) in [5.74, 6) is 1.44. The zero-order valence-electron chi connectivity index (χ0n) is 11.9. The van der Waals surface area contributed by atoms with Crippen LogP contribution >= 0.6 is 15.9 Å². The molecule has 0 aromatic heterocycles. The van der Waals surface area contributed by atoms with Gasteiger partial charge in [0.1, 0.15) is 5.54 Å². The molecule has 0 unspecified atom stereocenters. The van der Waals surface area contributed by atoms with E-state index >= 15 is 0 Å². The molecule has 5 rings (SSSR count). The van der Waals surface area contributed by atoms with E-state index in [0.29, 0.717) is 0 Å². The molecule has 4 fully saturated rings. The third kappa shape index (κ3) is 2.02. The van der Waals surface area contributed by atoms with Crippen molar-refractivity contribution in [2.45, 2.75) is 37.6 Å². The third-order valence-electron chi connectivity index (χ3n) is 5.96. The number of hydrogen-bond donors (Lipinski definition) is 2. The van der Waals surface area contributed by atoms with E-state index in [1.54, 1.807) is 0 Å². The largest absolute Gasteiger partial charge is 0.479 e. The van der Waals surface area contributed by atoms with Gasteiger partial charge in [-0.3, -0.25) is 0 Å². The van der Waals surface area contributed by atoms with E-state index in [1.807, 2.05) is 24.3 Å². The minimum absolute atomic E-state index is 0.283. The molecule has 0 heterocycles. The van der Waals surface area contributed by atoms with Gasteiger partial charge in [-0.05, 0) is 74.0 Å². The highest BCUT2D eigenvalue weighted by molar-refractivity contribution is 9.10. The normalized spacial score (nSPS) is 40.2. The van der Waals surface area contributed by atoms with E-state index in [9.17, 15) is 9.90 Å². The number of nitrogens with one attached hydrogen (secondary N) is 1. The van der Waals surface area contributed by atoms with Crippen LogP contribution in [0.15, 0.2) is 28.7 Å². The van der Waals surface area contributed by atoms with Crippen molar-refractivity contribution in [1.82, 2.24) is 0 Å². The SMILES string of the molecule is O=C(O)C1(Nc2cccc(Br)c2)C2CC3CC(C2)CC1C3. The average Bonchev–Trinajstić information content (AvgIpc) is 2.42. The molecule has 3 nitrogen and oxygen atoms in total. The van der Waals surface area contributed by atoms with Gasteiger partial charge in [-0.25, -0.2) is 4.79 Å². The van der Waals surface area contributed by atoms with Crippen LogP contribution in [0, 0.1) is 23.7 Å². The Morgan fingerprint density at radius 1 is 1.14 bits per heavy atom. The molecule has 4 aliphatic carbocycles. The van der Waals surface area contributed by atoms with Crippen LogP contribution in [0.5, 0.6) is 0 Å². The molecular weight excluding hydrogens is 330 g/mol. The number of anilines is 1. The van der Waals surface area contributed by atoms with Gasteiger partial charge in [0.2, 0.25) is 0 Å². The van der Waals surface area contributed by atoms with E-state index in [4.69, 9.17) is 0 Å². The first-order chi connectivity index (χ1) is 10.1. The van der Waals surface area contributed by atoms with Crippen molar-refractivity contribution in [2.24, 2.45) is 23.7 Å². The van der Waals surface area contributed by atoms with E-state index in [2.05, 4.69) is 21.2 Å². The van der Waals surface area contributed by atoms with Crippen LogP contribution in [0.3, 0.4) is 0 Å². The van der Waals surface area contributed by atoms with Crippen molar-refractivity contribution in [3.05, 3.63) is 28.7 Å². The van der Waals surface area contributed by atoms with Gasteiger partial charge in [0.05, 0.1) is 0 Å². The molecule has 0 aliphatic heterocycles. The van der Waals surface area contributed by atoms with E-state index in [-0.39, 0.29) is 11.8 Å². The van der Waals surface area contributed by atoms with Gasteiger partial charge >= 0.3 is 5.97 Å². The van der Waals surface area contributed by atoms with Crippen molar-refractivity contribution >= 4 is 27.6 Å². The minimum atomic E-state index is -0.756. The molecule has 0 amide bonds. The maximum Gasteiger partial charge on any atom is 0.329 e. The zero-order valence-corrected chi connectivity index (χ0v) is 13.5. The summed E-state index contributed by atoms with van der Waals surface area (Å²) in [5.41, 5.74) is 0.160. The molecule has 1 aromatic carbocycles. The van der Waals surface area contributed by atoms with E-state index < -0.39 is 11.5 Å². The van der Waals surface area contributed by atoms with Gasteiger partial charge in [0.15, 0.2) is 0 Å². The number of carboxylic acid groups (broad SMARTS) is 1. The fraction of sp³-hybridized carbons (Fsp3) is 0.588. The molecule has 0 spiro atoms. The predicted molar refractivity (Wildman–Crippen MR) is 85.2 cm³/mol. The van der Waals surface area contributed by atoms with Crippen molar-refractivity contribution < 1.29 is 9.90 Å². The minimum Gasteiger partial charge on any atom is -0.479 e. The number of carboxylic acids is 1. The predicted octanol–water partition coefficient (Wildman–Crippen LogP) is 4.14. The highest BCUT2D eigenvalue weighted by Crippen LogP contribution is 2.59. The highest BCUT2D eigenvalue weighted by Gasteiger charge is 2.61. The lowest BCUT2D eigenvalue weighted by Crippen LogP contribution is -2.65. The summed E-state index contributed by atoms with van der Waals surface area (Å²) < 4.78 is 0.983. The third-order valence-corrected chi connectivity index (χ3v) is 6.45. The Balaban J connectivity index is 1.72. The highest BCUT2D eigenvalue weighted by atomic mass is 79.9. The standard InChI is InChI=1S/C17H20BrNO2/c18-14-2-1-3-15(9-14)19-17(16(20)21)12-5-10-4-11(7-12)8-13(17)6-10/h1-3,9-13,19H,4-8H2,(H,20,21). The fourth-order valence-electron chi connectivity index (χ4n) is 5.34. The quantitative estimate of drug-likeness (QED) is 0.861. The molecule has 4 aliphatic rings.